The first-order valence-electron chi connectivity index (χ1n) is 8.44. The Balaban J connectivity index is 1.88. The normalized spacial score (nSPS) is 14.5. The molecule has 3 nitrogen and oxygen atoms in total. The third-order valence-electron chi connectivity index (χ3n) is 4.44. The fraction of sp³-hybridized carbons (Fsp3) is 0.316. The number of hydrogen-bond donors (Lipinski definition) is 1. The molecule has 2 aromatic carbocycles. The molecule has 27 heavy (non-hydrogen) atoms. The predicted octanol–water partition coefficient (Wildman–Crippen LogP) is 5.28. The van der Waals surface area contributed by atoms with E-state index in [1.807, 2.05) is 4.90 Å². The van der Waals surface area contributed by atoms with Crippen LogP contribution < -0.4 is 10.2 Å². The van der Waals surface area contributed by atoms with E-state index >= 15 is 0 Å². The lowest BCUT2D eigenvalue weighted by atomic mass is 10.1. The van der Waals surface area contributed by atoms with E-state index in [0.717, 1.165) is 25.0 Å². The molecule has 1 aliphatic rings. The molecule has 0 unspecified atom stereocenters. The van der Waals surface area contributed by atoms with Gasteiger partial charge in [-0.25, -0.2) is 4.39 Å². The molecule has 0 aromatic heterocycles. The average molecular weight is 401 g/mol. The maximum Gasteiger partial charge on any atom is 0.416 e. The van der Waals surface area contributed by atoms with Crippen molar-refractivity contribution < 1.29 is 22.4 Å². The fourth-order valence-electron chi connectivity index (χ4n) is 3.10. The van der Waals surface area contributed by atoms with E-state index in [1.165, 1.54) is 24.3 Å². The summed E-state index contributed by atoms with van der Waals surface area (Å²) in [5.74, 6) is -1.27. The van der Waals surface area contributed by atoms with Gasteiger partial charge in [0.25, 0.3) is 0 Å². The highest BCUT2D eigenvalue weighted by Crippen LogP contribution is 2.36. The first kappa shape index (κ1) is 19.5. The van der Waals surface area contributed by atoms with Gasteiger partial charge in [0.15, 0.2) is 0 Å². The molecule has 1 fully saturated rings. The Kier molecular flexibility index (Phi) is 5.60. The van der Waals surface area contributed by atoms with Crippen molar-refractivity contribution in [2.45, 2.75) is 25.4 Å². The summed E-state index contributed by atoms with van der Waals surface area (Å²) >= 11 is 5.92. The van der Waals surface area contributed by atoms with Gasteiger partial charge in [-0.15, -0.1) is 0 Å². The van der Waals surface area contributed by atoms with Crippen molar-refractivity contribution in [1.82, 2.24) is 0 Å². The van der Waals surface area contributed by atoms with Gasteiger partial charge in [-0.3, -0.25) is 4.79 Å². The van der Waals surface area contributed by atoms with Gasteiger partial charge in [0, 0.05) is 23.7 Å². The summed E-state index contributed by atoms with van der Waals surface area (Å²) in [5.41, 5.74) is -0.270. The van der Waals surface area contributed by atoms with Gasteiger partial charge in [0.1, 0.15) is 5.82 Å². The largest absolute Gasteiger partial charge is 0.416 e. The van der Waals surface area contributed by atoms with Crippen molar-refractivity contribution >= 4 is 28.9 Å². The molecule has 0 aliphatic carbocycles. The molecule has 0 saturated carbocycles. The monoisotopic (exact) mass is 400 g/mol. The van der Waals surface area contributed by atoms with Crippen molar-refractivity contribution in [3.05, 3.63) is 58.4 Å². The lowest BCUT2D eigenvalue weighted by molar-refractivity contribution is -0.137. The molecule has 1 saturated heterocycles. The molecule has 2 aromatic rings. The van der Waals surface area contributed by atoms with Crippen LogP contribution in [0.15, 0.2) is 36.4 Å². The van der Waals surface area contributed by atoms with Crippen molar-refractivity contribution in [3.8, 4) is 0 Å². The Morgan fingerprint density at radius 3 is 2.48 bits per heavy atom. The standard InChI is InChI=1S/C19H17ClF4N2O/c20-14-4-3-5-15(21)13(14)11-18(27)25-16-10-12(19(22,23)24)6-7-17(16)26-8-1-2-9-26/h3-7,10H,1-2,8-9,11H2,(H,25,27). The summed E-state index contributed by atoms with van der Waals surface area (Å²) < 4.78 is 53.1. The van der Waals surface area contributed by atoms with Gasteiger partial charge in [-0.2, -0.15) is 13.2 Å². The lowest BCUT2D eigenvalue weighted by Gasteiger charge is -2.23. The topological polar surface area (TPSA) is 32.3 Å². The van der Waals surface area contributed by atoms with Gasteiger partial charge >= 0.3 is 6.18 Å². The van der Waals surface area contributed by atoms with E-state index in [2.05, 4.69) is 5.32 Å². The number of alkyl halides is 3. The van der Waals surface area contributed by atoms with Gasteiger partial charge in [-0.1, -0.05) is 17.7 Å². The molecular weight excluding hydrogens is 384 g/mol. The zero-order valence-corrected chi connectivity index (χ0v) is 15.0. The minimum atomic E-state index is -4.53. The number of halogens is 5. The zero-order valence-electron chi connectivity index (χ0n) is 14.2. The van der Waals surface area contributed by atoms with Crippen LogP contribution >= 0.6 is 11.6 Å². The second kappa shape index (κ2) is 7.76. The summed E-state index contributed by atoms with van der Waals surface area (Å²) in [5, 5.41) is 2.59. The minimum absolute atomic E-state index is 0.00589. The van der Waals surface area contributed by atoms with Crippen LogP contribution in [0.4, 0.5) is 28.9 Å². The summed E-state index contributed by atoms with van der Waals surface area (Å²) in [6.07, 6.45) is -3.04. The molecule has 1 aliphatic heterocycles. The van der Waals surface area contributed by atoms with Crippen LogP contribution in [0, 0.1) is 5.82 Å². The van der Waals surface area contributed by atoms with E-state index in [1.54, 1.807) is 0 Å². The molecular formula is C19H17ClF4N2O. The number of hydrogen-bond acceptors (Lipinski definition) is 2. The molecule has 1 heterocycles. The highest BCUT2D eigenvalue weighted by atomic mass is 35.5. The number of amides is 1. The van der Waals surface area contributed by atoms with Gasteiger partial charge in [-0.05, 0) is 43.2 Å². The molecule has 8 heteroatoms. The number of carbonyl (C=O) groups excluding carboxylic acids is 1. The van der Waals surface area contributed by atoms with Crippen molar-refractivity contribution in [2.24, 2.45) is 0 Å². The number of carbonyl (C=O) groups is 1. The Bertz CT molecular complexity index is 828. The highest BCUT2D eigenvalue weighted by Gasteiger charge is 2.32. The first-order valence-corrected chi connectivity index (χ1v) is 8.82. The SMILES string of the molecule is O=C(Cc1c(F)cccc1Cl)Nc1cc(C(F)(F)F)ccc1N1CCCC1. The predicted molar refractivity (Wildman–Crippen MR) is 96.6 cm³/mol. The highest BCUT2D eigenvalue weighted by molar-refractivity contribution is 6.31. The molecule has 0 bridgehead atoms. The lowest BCUT2D eigenvalue weighted by Crippen LogP contribution is -2.22. The number of nitrogens with zero attached hydrogens (tertiary/aromatic N) is 1. The van der Waals surface area contributed by atoms with Gasteiger partial charge in [0.05, 0.1) is 23.4 Å². The number of rotatable bonds is 4. The number of nitrogens with one attached hydrogen (secondary N) is 1. The molecule has 0 radical (unpaired) electrons. The summed E-state index contributed by atoms with van der Waals surface area (Å²) in [6, 6.07) is 7.31. The second-order valence-corrected chi connectivity index (χ2v) is 6.76. The van der Waals surface area contributed by atoms with Crippen molar-refractivity contribution in [2.75, 3.05) is 23.3 Å². The summed E-state index contributed by atoms with van der Waals surface area (Å²) in [4.78, 5) is 14.3. The molecule has 144 valence electrons. The van der Waals surface area contributed by atoms with Crippen LogP contribution in [0.3, 0.4) is 0 Å². The number of anilines is 2. The molecule has 1 amide bonds. The van der Waals surface area contributed by atoms with E-state index in [4.69, 9.17) is 11.6 Å². The van der Waals surface area contributed by atoms with Gasteiger partial charge < -0.3 is 10.2 Å². The van der Waals surface area contributed by atoms with E-state index < -0.39 is 23.5 Å². The number of benzene rings is 2. The van der Waals surface area contributed by atoms with Crippen LogP contribution in [0.25, 0.3) is 0 Å². The van der Waals surface area contributed by atoms with Crippen LogP contribution in [-0.4, -0.2) is 19.0 Å². The Hall–Kier alpha value is -2.28. The quantitative estimate of drug-likeness (QED) is 0.708. The molecule has 0 spiro atoms. The molecule has 3 rings (SSSR count). The maximum atomic E-state index is 13.9. The fourth-order valence-corrected chi connectivity index (χ4v) is 3.33. The van der Waals surface area contributed by atoms with Crippen molar-refractivity contribution in [3.63, 3.8) is 0 Å². The van der Waals surface area contributed by atoms with Crippen LogP contribution in [0.1, 0.15) is 24.0 Å². The average Bonchev–Trinajstić information content (AvgIpc) is 3.12. The second-order valence-electron chi connectivity index (χ2n) is 6.35. The zero-order chi connectivity index (χ0) is 19.6. The Morgan fingerprint density at radius 1 is 1.15 bits per heavy atom. The van der Waals surface area contributed by atoms with E-state index in [-0.39, 0.29) is 22.7 Å². The van der Waals surface area contributed by atoms with Crippen LogP contribution in [0.5, 0.6) is 0 Å². The van der Waals surface area contributed by atoms with E-state index in [9.17, 15) is 22.4 Å². The smallest absolute Gasteiger partial charge is 0.370 e. The first-order chi connectivity index (χ1) is 12.8. The summed E-state index contributed by atoms with van der Waals surface area (Å²) in [6.45, 7) is 1.40. The molecule has 0 atom stereocenters. The van der Waals surface area contributed by atoms with Crippen LogP contribution in [-0.2, 0) is 17.4 Å². The maximum absolute atomic E-state index is 13.9. The Labute approximate surface area is 158 Å². The Morgan fingerprint density at radius 2 is 1.85 bits per heavy atom. The van der Waals surface area contributed by atoms with Crippen molar-refractivity contribution in [1.29, 1.82) is 0 Å². The third kappa shape index (κ3) is 4.53. The minimum Gasteiger partial charge on any atom is -0.370 e. The van der Waals surface area contributed by atoms with Crippen LogP contribution in [0.2, 0.25) is 5.02 Å². The third-order valence-corrected chi connectivity index (χ3v) is 4.80. The van der Waals surface area contributed by atoms with Gasteiger partial charge in [0.2, 0.25) is 5.91 Å². The molecule has 1 N–H and O–H groups in total. The summed E-state index contributed by atoms with van der Waals surface area (Å²) in [7, 11) is 0. The van der Waals surface area contributed by atoms with E-state index in [0.29, 0.717) is 18.8 Å².